The first kappa shape index (κ1) is 17.5. The van der Waals surface area contributed by atoms with Crippen molar-refractivity contribution in [2.75, 3.05) is 26.2 Å². The van der Waals surface area contributed by atoms with Gasteiger partial charge in [-0.3, -0.25) is 4.79 Å². The third-order valence-electron chi connectivity index (χ3n) is 5.62. The van der Waals surface area contributed by atoms with Crippen LogP contribution in [0.15, 0.2) is 53.3 Å². The molecule has 2 bridgehead atoms. The Kier molecular flexibility index (Phi) is 5.20. The predicted molar refractivity (Wildman–Crippen MR) is 99.2 cm³/mol. The molecular weight excluding hydrogens is 328 g/mol. The Morgan fingerprint density at radius 2 is 2.00 bits per heavy atom. The van der Waals surface area contributed by atoms with Crippen LogP contribution in [0.1, 0.15) is 23.6 Å². The van der Waals surface area contributed by atoms with Crippen LogP contribution in [0.5, 0.6) is 0 Å². The summed E-state index contributed by atoms with van der Waals surface area (Å²) in [5, 5.41) is 10.4. The molecule has 2 aliphatic rings. The van der Waals surface area contributed by atoms with Crippen molar-refractivity contribution in [2.45, 2.75) is 31.6 Å². The largest absolute Gasteiger partial charge is 0.385 e. The monoisotopic (exact) mass is 355 g/mol. The highest BCUT2D eigenvalue weighted by atomic mass is 16.5. The molecule has 1 saturated heterocycles. The molecule has 4 atom stereocenters. The number of benzene rings is 1. The number of aliphatic hydroxyl groups excluding tert-OH is 1. The lowest BCUT2D eigenvalue weighted by Gasteiger charge is -2.40. The number of rotatable bonds is 6. The van der Waals surface area contributed by atoms with Gasteiger partial charge in [-0.2, -0.15) is 0 Å². The van der Waals surface area contributed by atoms with E-state index in [1.165, 1.54) is 10.6 Å². The van der Waals surface area contributed by atoms with Crippen molar-refractivity contribution in [2.24, 2.45) is 5.92 Å². The molecule has 138 valence electrons. The van der Waals surface area contributed by atoms with Crippen LogP contribution in [0.25, 0.3) is 0 Å². The smallest absolute Gasteiger partial charge is 0.250 e. The predicted octanol–water partition coefficient (Wildman–Crippen LogP) is 0.428. The van der Waals surface area contributed by atoms with Crippen molar-refractivity contribution in [3.05, 3.63) is 70.1 Å². The van der Waals surface area contributed by atoms with Crippen molar-refractivity contribution in [3.63, 3.8) is 0 Å². The zero-order valence-electron chi connectivity index (χ0n) is 15.0. The summed E-state index contributed by atoms with van der Waals surface area (Å²) in [6, 6.07) is 15.7. The van der Waals surface area contributed by atoms with E-state index in [1.54, 1.807) is 6.07 Å². The third-order valence-corrected chi connectivity index (χ3v) is 5.62. The molecule has 0 radical (unpaired) electrons. The second kappa shape index (κ2) is 7.74. The molecule has 5 heteroatoms. The van der Waals surface area contributed by atoms with E-state index < -0.39 is 6.10 Å². The second-order valence-electron chi connectivity index (χ2n) is 7.72. The first-order valence-corrected chi connectivity index (χ1v) is 9.52. The number of nitrogens with one attached hydrogen (secondary N) is 1. The van der Waals surface area contributed by atoms with Crippen LogP contribution in [0.4, 0.5) is 0 Å². The summed E-state index contributed by atoms with van der Waals surface area (Å²) in [6.45, 7) is 4.43. The number of piperidine rings is 1. The maximum absolute atomic E-state index is 12.1. The number of quaternary nitrogens is 1. The van der Waals surface area contributed by atoms with E-state index in [-0.39, 0.29) is 5.56 Å². The molecule has 2 aliphatic heterocycles. The molecule has 1 fully saturated rings. The molecule has 1 aromatic heterocycles. The Morgan fingerprint density at radius 1 is 1.15 bits per heavy atom. The SMILES string of the molecule is O=c1cccc2n1CC1CC2C[NH+](CC(O)COCc2ccccc2)C1. The number of aromatic nitrogens is 1. The van der Waals surface area contributed by atoms with Crippen LogP contribution >= 0.6 is 0 Å². The summed E-state index contributed by atoms with van der Waals surface area (Å²) in [5.74, 6) is 0.942. The maximum atomic E-state index is 12.1. The summed E-state index contributed by atoms with van der Waals surface area (Å²) in [4.78, 5) is 13.5. The Hall–Kier alpha value is -1.95. The summed E-state index contributed by atoms with van der Waals surface area (Å²) in [6.07, 6.45) is 0.707. The lowest BCUT2D eigenvalue weighted by atomic mass is 9.83. The van der Waals surface area contributed by atoms with E-state index in [4.69, 9.17) is 4.74 Å². The minimum absolute atomic E-state index is 0.120. The highest BCUT2D eigenvalue weighted by Gasteiger charge is 2.37. The lowest BCUT2D eigenvalue weighted by molar-refractivity contribution is -0.914. The van der Waals surface area contributed by atoms with E-state index in [0.717, 1.165) is 31.6 Å². The number of pyridine rings is 1. The molecule has 0 spiro atoms. The molecule has 1 aromatic carbocycles. The van der Waals surface area contributed by atoms with Crippen LogP contribution < -0.4 is 10.5 Å². The highest BCUT2D eigenvalue weighted by molar-refractivity contribution is 5.15. The number of hydrogen-bond acceptors (Lipinski definition) is 3. The van der Waals surface area contributed by atoms with Crippen LogP contribution in [0.3, 0.4) is 0 Å². The number of nitrogens with zero attached hydrogens (tertiary/aromatic N) is 1. The lowest BCUT2D eigenvalue weighted by Crippen LogP contribution is -3.15. The quantitative estimate of drug-likeness (QED) is 0.790. The van der Waals surface area contributed by atoms with E-state index in [0.29, 0.717) is 31.6 Å². The molecule has 3 heterocycles. The second-order valence-corrected chi connectivity index (χ2v) is 7.72. The Balaban J connectivity index is 1.30. The average molecular weight is 355 g/mol. The fourth-order valence-electron chi connectivity index (χ4n) is 4.57. The molecule has 0 amide bonds. The van der Waals surface area contributed by atoms with Gasteiger partial charge in [-0.15, -0.1) is 0 Å². The number of likely N-dealkylation sites (tertiary alicyclic amines) is 1. The first-order chi connectivity index (χ1) is 12.7. The standard InChI is InChI=1S/C21H26N2O3/c24-19(15-26-14-16-5-2-1-3-6-16)13-22-10-17-9-18(12-22)20-7-4-8-21(25)23(20)11-17/h1-8,17-19,24H,9-15H2/p+1. The van der Waals surface area contributed by atoms with E-state index in [1.807, 2.05) is 41.0 Å². The average Bonchev–Trinajstić information content (AvgIpc) is 2.63. The van der Waals surface area contributed by atoms with Gasteiger partial charge in [-0.25, -0.2) is 0 Å². The third kappa shape index (κ3) is 3.90. The van der Waals surface area contributed by atoms with E-state index in [2.05, 4.69) is 6.07 Å². The molecule has 4 unspecified atom stereocenters. The van der Waals surface area contributed by atoms with E-state index >= 15 is 0 Å². The van der Waals surface area contributed by atoms with Gasteiger partial charge in [0.15, 0.2) is 0 Å². The summed E-state index contributed by atoms with van der Waals surface area (Å²) in [7, 11) is 0. The van der Waals surface area contributed by atoms with Crippen molar-refractivity contribution in [1.82, 2.24) is 4.57 Å². The molecule has 26 heavy (non-hydrogen) atoms. The van der Waals surface area contributed by atoms with E-state index in [9.17, 15) is 9.90 Å². The van der Waals surface area contributed by atoms with Crippen LogP contribution in [0, 0.1) is 5.92 Å². The Bertz CT molecular complexity index is 789. The molecule has 4 rings (SSSR count). The Labute approximate surface area is 153 Å². The van der Waals surface area contributed by atoms with Gasteiger partial charge < -0.3 is 19.3 Å². The minimum atomic E-state index is -0.453. The molecule has 0 saturated carbocycles. The number of aliphatic hydroxyl groups is 1. The molecule has 2 N–H and O–H groups in total. The van der Waals surface area contributed by atoms with Crippen molar-refractivity contribution < 1.29 is 14.7 Å². The van der Waals surface area contributed by atoms with Gasteiger partial charge in [0.1, 0.15) is 12.6 Å². The zero-order chi connectivity index (χ0) is 17.9. The number of fused-ring (bicyclic) bond motifs is 4. The minimum Gasteiger partial charge on any atom is -0.385 e. The van der Waals surface area contributed by atoms with Gasteiger partial charge in [0.2, 0.25) is 0 Å². The van der Waals surface area contributed by atoms with Gasteiger partial charge in [0.05, 0.1) is 26.3 Å². The summed E-state index contributed by atoms with van der Waals surface area (Å²) < 4.78 is 7.63. The number of ether oxygens (including phenoxy) is 1. The normalized spacial score (nSPS) is 25.5. The molecule has 2 aromatic rings. The van der Waals surface area contributed by atoms with Crippen molar-refractivity contribution in [3.8, 4) is 0 Å². The zero-order valence-corrected chi connectivity index (χ0v) is 15.0. The van der Waals surface area contributed by atoms with Crippen LogP contribution in [-0.4, -0.2) is 42.0 Å². The van der Waals surface area contributed by atoms with Gasteiger partial charge in [0, 0.05) is 30.1 Å². The first-order valence-electron chi connectivity index (χ1n) is 9.52. The fourth-order valence-corrected chi connectivity index (χ4v) is 4.57. The Morgan fingerprint density at radius 3 is 2.85 bits per heavy atom. The van der Waals surface area contributed by atoms with Crippen molar-refractivity contribution >= 4 is 0 Å². The van der Waals surface area contributed by atoms with Gasteiger partial charge in [-0.1, -0.05) is 36.4 Å². The summed E-state index contributed by atoms with van der Waals surface area (Å²) >= 11 is 0. The van der Waals surface area contributed by atoms with Gasteiger partial charge in [0.25, 0.3) is 5.56 Å². The topological polar surface area (TPSA) is 55.9 Å². The van der Waals surface area contributed by atoms with Gasteiger partial charge in [-0.05, 0) is 18.1 Å². The van der Waals surface area contributed by atoms with Crippen LogP contribution in [0.2, 0.25) is 0 Å². The maximum Gasteiger partial charge on any atom is 0.250 e. The van der Waals surface area contributed by atoms with Crippen LogP contribution in [-0.2, 0) is 17.9 Å². The molecule has 0 aliphatic carbocycles. The molecule has 5 nitrogen and oxygen atoms in total. The fraction of sp³-hybridized carbons (Fsp3) is 0.476. The number of hydrogen-bond donors (Lipinski definition) is 2. The molecular formula is C21H27N2O3+. The van der Waals surface area contributed by atoms with Crippen molar-refractivity contribution in [1.29, 1.82) is 0 Å². The van der Waals surface area contributed by atoms with Gasteiger partial charge >= 0.3 is 0 Å². The highest BCUT2D eigenvalue weighted by Crippen LogP contribution is 2.29. The summed E-state index contributed by atoms with van der Waals surface area (Å²) in [5.41, 5.74) is 2.41.